The molecule has 0 bridgehead atoms. The molecule has 18 heavy (non-hydrogen) atoms. The third-order valence-electron chi connectivity index (χ3n) is 2.28. The summed E-state index contributed by atoms with van der Waals surface area (Å²) in [5, 5.41) is 21.7. The Bertz CT molecular complexity index is 448. The number of carbonyl (C=O) groups excluding carboxylic acids is 1. The van der Waals surface area contributed by atoms with E-state index in [0.717, 1.165) is 12.8 Å². The summed E-state index contributed by atoms with van der Waals surface area (Å²) in [6, 6.07) is 3.79. The van der Waals surface area contributed by atoms with Gasteiger partial charge in [0.25, 0.3) is 5.91 Å². The van der Waals surface area contributed by atoms with E-state index in [0.29, 0.717) is 6.54 Å². The van der Waals surface area contributed by atoms with Crippen LogP contribution in [0, 0.1) is 10.1 Å². The minimum Gasteiger partial charge on any atom is -0.507 e. The van der Waals surface area contributed by atoms with Crippen LogP contribution in [0.2, 0.25) is 0 Å². The van der Waals surface area contributed by atoms with Crippen molar-refractivity contribution in [3.63, 3.8) is 0 Å². The number of nitrogens with one attached hydrogen (secondary N) is 2. The Hall–Kier alpha value is -2.31. The van der Waals surface area contributed by atoms with Crippen LogP contribution in [-0.4, -0.2) is 22.6 Å². The first kappa shape index (κ1) is 13.8. The largest absolute Gasteiger partial charge is 0.507 e. The van der Waals surface area contributed by atoms with Crippen LogP contribution >= 0.6 is 0 Å². The molecule has 0 atom stereocenters. The molecule has 0 aromatic heterocycles. The number of benzene rings is 1. The van der Waals surface area contributed by atoms with E-state index >= 15 is 0 Å². The quantitative estimate of drug-likeness (QED) is 0.308. The fourth-order valence-electron chi connectivity index (χ4n) is 1.37. The molecule has 0 spiro atoms. The van der Waals surface area contributed by atoms with Crippen LogP contribution in [0.25, 0.3) is 0 Å². The summed E-state index contributed by atoms with van der Waals surface area (Å²) in [4.78, 5) is 22.0. The summed E-state index contributed by atoms with van der Waals surface area (Å²) >= 11 is 0. The van der Waals surface area contributed by atoms with Crippen LogP contribution in [0.15, 0.2) is 18.2 Å². The van der Waals surface area contributed by atoms with E-state index in [1.807, 2.05) is 12.3 Å². The molecule has 0 heterocycles. The molecule has 1 rings (SSSR count). The Kier molecular flexibility index (Phi) is 4.91. The zero-order valence-corrected chi connectivity index (χ0v) is 9.97. The molecule has 98 valence electrons. The Morgan fingerprint density at radius 1 is 1.50 bits per heavy atom. The highest BCUT2D eigenvalue weighted by Crippen LogP contribution is 2.21. The molecule has 7 nitrogen and oxygen atoms in total. The molecule has 0 aliphatic heterocycles. The maximum absolute atomic E-state index is 11.7. The summed E-state index contributed by atoms with van der Waals surface area (Å²) < 4.78 is 0. The van der Waals surface area contributed by atoms with Crippen molar-refractivity contribution < 1.29 is 14.9 Å². The molecule has 1 amide bonds. The van der Waals surface area contributed by atoms with Gasteiger partial charge in [-0.15, -0.1) is 5.43 Å². The second kappa shape index (κ2) is 6.43. The van der Waals surface area contributed by atoms with Crippen molar-refractivity contribution in [1.82, 2.24) is 5.32 Å². The Morgan fingerprint density at radius 2 is 2.22 bits per heavy atom. The zero-order valence-electron chi connectivity index (χ0n) is 9.97. The molecule has 0 aliphatic carbocycles. The average molecular weight is 253 g/mol. The van der Waals surface area contributed by atoms with Crippen molar-refractivity contribution in [2.24, 2.45) is 0 Å². The number of anilines is 1. The van der Waals surface area contributed by atoms with Gasteiger partial charge in [0.2, 0.25) is 0 Å². The van der Waals surface area contributed by atoms with Gasteiger partial charge in [0.15, 0.2) is 5.03 Å². The number of phenolic OH excluding ortho intramolecular Hbond substituents is 1. The minimum absolute atomic E-state index is 0.0120. The third-order valence-corrected chi connectivity index (χ3v) is 2.28. The number of rotatable bonds is 6. The number of aromatic hydroxyl groups is 1. The number of amides is 1. The minimum atomic E-state index is -0.731. The lowest BCUT2D eigenvalue weighted by molar-refractivity contribution is -0.445. The highest BCUT2D eigenvalue weighted by molar-refractivity contribution is 5.97. The van der Waals surface area contributed by atoms with E-state index in [2.05, 4.69) is 5.32 Å². The van der Waals surface area contributed by atoms with Crippen molar-refractivity contribution in [2.75, 3.05) is 12.0 Å². The van der Waals surface area contributed by atoms with Crippen LogP contribution in [0.3, 0.4) is 0 Å². The van der Waals surface area contributed by atoms with Crippen LogP contribution < -0.4 is 10.7 Å². The number of hydrazine groups is 1. The Balaban J connectivity index is 2.79. The predicted octanol–water partition coefficient (Wildman–Crippen LogP) is 1.53. The molecule has 0 aliphatic rings. The second-order valence-electron chi connectivity index (χ2n) is 3.71. The van der Waals surface area contributed by atoms with Gasteiger partial charge < -0.3 is 10.4 Å². The third kappa shape index (κ3) is 3.93. The molecule has 1 aromatic rings. The molecular weight excluding hydrogens is 238 g/mol. The maximum Gasteiger partial charge on any atom is 0.255 e. The van der Waals surface area contributed by atoms with Crippen LogP contribution in [-0.2, 0) is 0 Å². The molecule has 7 heteroatoms. The number of hydrogen-bond acceptors (Lipinski definition) is 4. The van der Waals surface area contributed by atoms with Crippen molar-refractivity contribution in [1.29, 1.82) is 0 Å². The molecule has 1 aromatic carbocycles. The first-order chi connectivity index (χ1) is 8.54. The van der Waals surface area contributed by atoms with Gasteiger partial charge in [0.05, 0.1) is 5.56 Å². The maximum atomic E-state index is 11.7. The highest BCUT2D eigenvalue weighted by Gasteiger charge is 2.12. The standard InChI is InChI=1S/C11H15N3O4/c1-2-3-6-12-11(16)9-7-8(13-14(17)18)4-5-10(9)15/h4-5,7,13,15H,2-3,6H2,1H3,(H,12,16). The summed E-state index contributed by atoms with van der Waals surface area (Å²) in [5.74, 6) is -0.661. The first-order valence-electron chi connectivity index (χ1n) is 5.57. The van der Waals surface area contributed by atoms with Gasteiger partial charge in [-0.1, -0.05) is 13.3 Å². The lowest BCUT2D eigenvalue weighted by Gasteiger charge is -2.07. The fraction of sp³-hybridized carbons (Fsp3) is 0.364. The van der Waals surface area contributed by atoms with Gasteiger partial charge in [-0.2, -0.15) is 0 Å². The molecule has 0 radical (unpaired) electrons. The number of nitro groups is 1. The van der Waals surface area contributed by atoms with Crippen molar-refractivity contribution in [3.05, 3.63) is 33.9 Å². The summed E-state index contributed by atoms with van der Waals surface area (Å²) in [7, 11) is 0. The van der Waals surface area contributed by atoms with Crippen LogP contribution in [0.1, 0.15) is 30.1 Å². The predicted molar refractivity (Wildman–Crippen MR) is 66.0 cm³/mol. The Labute approximate surface area is 104 Å². The zero-order chi connectivity index (χ0) is 13.5. The topological polar surface area (TPSA) is 104 Å². The Morgan fingerprint density at radius 3 is 2.83 bits per heavy atom. The lowest BCUT2D eigenvalue weighted by Crippen LogP contribution is -2.24. The molecule has 0 saturated carbocycles. The van der Waals surface area contributed by atoms with Gasteiger partial charge >= 0.3 is 0 Å². The second-order valence-corrected chi connectivity index (χ2v) is 3.71. The van der Waals surface area contributed by atoms with Gasteiger partial charge in [-0.3, -0.25) is 4.79 Å². The fourth-order valence-corrected chi connectivity index (χ4v) is 1.37. The van der Waals surface area contributed by atoms with Crippen molar-refractivity contribution >= 4 is 11.6 Å². The van der Waals surface area contributed by atoms with E-state index in [4.69, 9.17) is 0 Å². The van der Waals surface area contributed by atoms with Gasteiger partial charge in [-0.05, 0) is 24.6 Å². The number of phenols is 1. The molecule has 0 unspecified atom stereocenters. The number of nitrogens with zero attached hydrogens (tertiary/aromatic N) is 1. The van der Waals surface area contributed by atoms with Crippen molar-refractivity contribution in [3.8, 4) is 5.75 Å². The van der Waals surface area contributed by atoms with Gasteiger partial charge in [-0.25, -0.2) is 10.1 Å². The molecule has 0 fully saturated rings. The lowest BCUT2D eigenvalue weighted by atomic mass is 10.1. The van der Waals surface area contributed by atoms with Crippen LogP contribution in [0.4, 0.5) is 5.69 Å². The summed E-state index contributed by atoms with van der Waals surface area (Å²) in [6.07, 6.45) is 1.77. The molecular formula is C11H15N3O4. The highest BCUT2D eigenvalue weighted by atomic mass is 16.7. The number of carbonyl (C=O) groups is 1. The first-order valence-corrected chi connectivity index (χ1v) is 5.57. The van der Waals surface area contributed by atoms with Crippen molar-refractivity contribution in [2.45, 2.75) is 19.8 Å². The van der Waals surface area contributed by atoms with E-state index in [1.54, 1.807) is 0 Å². The van der Waals surface area contributed by atoms with Gasteiger partial charge in [0, 0.05) is 6.54 Å². The molecule has 0 saturated heterocycles. The van der Waals surface area contributed by atoms with Gasteiger partial charge in [0.1, 0.15) is 11.4 Å². The average Bonchev–Trinajstić information content (AvgIpc) is 2.31. The SMILES string of the molecule is CCCCNC(=O)c1cc(N[N+](=O)[O-])ccc1O. The number of unbranched alkanes of at least 4 members (excludes halogenated alkanes) is 1. The normalized spacial score (nSPS) is 9.83. The van der Waals surface area contributed by atoms with E-state index in [1.165, 1.54) is 18.2 Å². The molecule has 3 N–H and O–H groups in total. The van der Waals surface area contributed by atoms with E-state index in [9.17, 15) is 20.0 Å². The van der Waals surface area contributed by atoms with E-state index in [-0.39, 0.29) is 17.0 Å². The van der Waals surface area contributed by atoms with E-state index < -0.39 is 10.9 Å². The monoisotopic (exact) mass is 253 g/mol. The smallest absolute Gasteiger partial charge is 0.255 e. The summed E-state index contributed by atoms with van der Waals surface area (Å²) in [5.41, 5.74) is 2.08. The summed E-state index contributed by atoms with van der Waals surface area (Å²) in [6.45, 7) is 2.49. The van der Waals surface area contributed by atoms with Crippen LogP contribution in [0.5, 0.6) is 5.75 Å². The number of hydrogen-bond donors (Lipinski definition) is 3.